The Morgan fingerprint density at radius 3 is 2.47 bits per heavy atom. The minimum Gasteiger partial charge on any atom is -0.373 e. The number of fused-ring (bicyclic) bond motifs is 4. The number of carbonyl (C=O) groups is 1. The third-order valence-corrected chi connectivity index (χ3v) is 6.18. The summed E-state index contributed by atoms with van der Waals surface area (Å²) in [5, 5.41) is 16.9. The van der Waals surface area contributed by atoms with Gasteiger partial charge in [-0.05, 0) is 51.9 Å². The van der Waals surface area contributed by atoms with E-state index >= 15 is 0 Å². The fraction of sp³-hybridized carbons (Fsp3) is 0.240. The van der Waals surface area contributed by atoms with Crippen molar-refractivity contribution in [2.45, 2.75) is 32.7 Å². The average molecular weight is 398 g/mol. The van der Waals surface area contributed by atoms with Crippen molar-refractivity contribution in [2.24, 2.45) is 5.41 Å². The van der Waals surface area contributed by atoms with Crippen LogP contribution in [0.4, 0.5) is 11.4 Å². The smallest absolute Gasteiger partial charge is 0.269 e. The standard InChI is InChI=1S/C25H22N2O3/c1-25(2)13-19-22-18-6-4-3-5-15(18)9-12-20(22)26-24(23(19)21(28)14-25)16-7-10-17(11-8-16)27(29)30/h3-12,24,26H,13-14H2,1-2H3/t24-/m0/s1. The molecule has 5 rings (SSSR count). The van der Waals surface area contributed by atoms with Gasteiger partial charge in [0.15, 0.2) is 5.78 Å². The predicted octanol–water partition coefficient (Wildman–Crippen LogP) is 6.06. The number of rotatable bonds is 2. The van der Waals surface area contributed by atoms with Crippen molar-refractivity contribution >= 4 is 33.5 Å². The molecule has 1 heterocycles. The predicted molar refractivity (Wildman–Crippen MR) is 118 cm³/mol. The fourth-order valence-electron chi connectivity index (χ4n) is 4.88. The van der Waals surface area contributed by atoms with Crippen molar-refractivity contribution in [1.29, 1.82) is 0 Å². The summed E-state index contributed by atoms with van der Waals surface area (Å²) in [4.78, 5) is 24.0. The number of nitrogens with one attached hydrogen (secondary N) is 1. The summed E-state index contributed by atoms with van der Waals surface area (Å²) in [6.07, 6.45) is 1.32. The monoisotopic (exact) mass is 398 g/mol. The number of nitro groups is 1. The molecule has 150 valence electrons. The van der Waals surface area contributed by atoms with Crippen LogP contribution in [0.25, 0.3) is 16.3 Å². The van der Waals surface area contributed by atoms with E-state index in [0.29, 0.717) is 6.42 Å². The molecular formula is C25H22N2O3. The van der Waals surface area contributed by atoms with Gasteiger partial charge in [0, 0.05) is 35.4 Å². The van der Waals surface area contributed by atoms with Gasteiger partial charge in [-0.3, -0.25) is 14.9 Å². The van der Waals surface area contributed by atoms with E-state index in [-0.39, 0.29) is 22.9 Å². The van der Waals surface area contributed by atoms with Crippen molar-refractivity contribution in [1.82, 2.24) is 0 Å². The molecule has 0 spiro atoms. The van der Waals surface area contributed by atoms with E-state index in [2.05, 4.69) is 43.4 Å². The summed E-state index contributed by atoms with van der Waals surface area (Å²) >= 11 is 0. The average Bonchev–Trinajstić information content (AvgIpc) is 2.72. The number of hydrogen-bond acceptors (Lipinski definition) is 4. The zero-order chi connectivity index (χ0) is 21.0. The summed E-state index contributed by atoms with van der Waals surface area (Å²) < 4.78 is 0. The van der Waals surface area contributed by atoms with Crippen molar-refractivity contribution < 1.29 is 9.72 Å². The molecule has 1 N–H and O–H groups in total. The van der Waals surface area contributed by atoms with Gasteiger partial charge in [-0.1, -0.05) is 44.2 Å². The molecule has 30 heavy (non-hydrogen) atoms. The first-order chi connectivity index (χ1) is 14.3. The van der Waals surface area contributed by atoms with E-state index in [9.17, 15) is 14.9 Å². The highest BCUT2D eigenvalue weighted by Crippen LogP contribution is 2.52. The molecule has 3 aromatic rings. The number of nitro benzene ring substituents is 1. The van der Waals surface area contributed by atoms with Gasteiger partial charge in [0.2, 0.25) is 0 Å². The maximum absolute atomic E-state index is 13.3. The Morgan fingerprint density at radius 2 is 1.73 bits per heavy atom. The normalized spacial score (nSPS) is 19.8. The first kappa shape index (κ1) is 18.6. The molecule has 0 amide bonds. The Kier molecular flexibility index (Phi) is 4.03. The number of ketones is 1. The van der Waals surface area contributed by atoms with Gasteiger partial charge >= 0.3 is 0 Å². The largest absolute Gasteiger partial charge is 0.373 e. The SMILES string of the molecule is CC1(C)CC(=O)C2=C(C1)c1c(ccc3ccccc13)N[C@H]2c1ccc([N+](=O)[O-])cc1. The molecule has 0 bridgehead atoms. The van der Waals surface area contributed by atoms with Crippen LogP contribution in [0.2, 0.25) is 0 Å². The van der Waals surface area contributed by atoms with Crippen LogP contribution in [0.15, 0.2) is 66.2 Å². The molecule has 0 radical (unpaired) electrons. The highest BCUT2D eigenvalue weighted by atomic mass is 16.6. The third-order valence-electron chi connectivity index (χ3n) is 6.18. The second-order valence-electron chi connectivity index (χ2n) is 8.97. The van der Waals surface area contributed by atoms with Crippen LogP contribution >= 0.6 is 0 Å². The number of allylic oxidation sites excluding steroid dienone is 1. The molecule has 0 fully saturated rings. The lowest BCUT2D eigenvalue weighted by Crippen LogP contribution is -2.33. The Hall–Kier alpha value is -3.47. The number of hydrogen-bond donors (Lipinski definition) is 1. The fourth-order valence-corrected chi connectivity index (χ4v) is 4.88. The van der Waals surface area contributed by atoms with Gasteiger partial charge in [0.1, 0.15) is 0 Å². The Bertz CT molecular complexity index is 1240. The van der Waals surface area contributed by atoms with Gasteiger partial charge in [-0.2, -0.15) is 0 Å². The molecule has 0 saturated heterocycles. The van der Waals surface area contributed by atoms with Crippen molar-refractivity contribution in [3.8, 4) is 0 Å². The molecule has 5 heteroatoms. The lowest BCUT2D eigenvalue weighted by atomic mass is 9.68. The minimum absolute atomic E-state index is 0.0475. The summed E-state index contributed by atoms with van der Waals surface area (Å²) in [6.45, 7) is 4.28. The van der Waals surface area contributed by atoms with Crippen LogP contribution in [0.5, 0.6) is 0 Å². The summed E-state index contributed by atoms with van der Waals surface area (Å²) in [6, 6.07) is 18.6. The van der Waals surface area contributed by atoms with E-state index in [1.54, 1.807) is 12.1 Å². The Balaban J connectivity index is 1.74. The highest BCUT2D eigenvalue weighted by Gasteiger charge is 2.40. The molecular weight excluding hydrogens is 376 g/mol. The van der Waals surface area contributed by atoms with Crippen LogP contribution in [0.1, 0.15) is 43.9 Å². The molecule has 0 unspecified atom stereocenters. The number of anilines is 1. The second kappa shape index (κ2) is 6.52. The molecule has 5 nitrogen and oxygen atoms in total. The zero-order valence-electron chi connectivity index (χ0n) is 16.9. The number of nitrogens with zero attached hydrogens (tertiary/aromatic N) is 1. The van der Waals surface area contributed by atoms with Crippen LogP contribution in [-0.4, -0.2) is 10.7 Å². The topological polar surface area (TPSA) is 72.2 Å². The molecule has 0 saturated carbocycles. The number of Topliss-reactive ketones (excluding diaryl/α,β-unsaturated/α-hetero) is 1. The van der Waals surface area contributed by atoms with Gasteiger partial charge in [0.05, 0.1) is 11.0 Å². The number of benzene rings is 3. The Labute approximate surface area is 174 Å². The van der Waals surface area contributed by atoms with Gasteiger partial charge in [-0.15, -0.1) is 0 Å². The van der Waals surface area contributed by atoms with Gasteiger partial charge in [0.25, 0.3) is 5.69 Å². The van der Waals surface area contributed by atoms with Gasteiger partial charge in [-0.25, -0.2) is 0 Å². The van der Waals surface area contributed by atoms with Crippen LogP contribution in [0, 0.1) is 15.5 Å². The highest BCUT2D eigenvalue weighted by molar-refractivity contribution is 6.12. The van der Waals surface area contributed by atoms with Crippen LogP contribution in [-0.2, 0) is 4.79 Å². The van der Waals surface area contributed by atoms with E-state index in [1.807, 2.05) is 12.1 Å². The van der Waals surface area contributed by atoms with E-state index in [0.717, 1.165) is 45.2 Å². The lowest BCUT2D eigenvalue weighted by molar-refractivity contribution is -0.384. The molecule has 2 aliphatic rings. The maximum Gasteiger partial charge on any atom is 0.269 e. The van der Waals surface area contributed by atoms with Crippen molar-refractivity contribution in [2.75, 3.05) is 5.32 Å². The summed E-state index contributed by atoms with van der Waals surface area (Å²) in [5.41, 5.74) is 4.81. The number of carbonyl (C=O) groups excluding carboxylic acids is 1. The summed E-state index contributed by atoms with van der Waals surface area (Å²) in [7, 11) is 0. The van der Waals surface area contributed by atoms with E-state index in [4.69, 9.17) is 0 Å². The lowest BCUT2D eigenvalue weighted by Gasteiger charge is -2.40. The van der Waals surface area contributed by atoms with E-state index in [1.165, 1.54) is 12.1 Å². The second-order valence-corrected chi connectivity index (χ2v) is 8.97. The number of non-ortho nitro benzene ring substituents is 1. The Morgan fingerprint density at radius 1 is 1.00 bits per heavy atom. The molecule has 0 aromatic heterocycles. The third kappa shape index (κ3) is 2.89. The summed E-state index contributed by atoms with van der Waals surface area (Å²) in [5.74, 6) is 0.149. The zero-order valence-corrected chi connectivity index (χ0v) is 16.9. The molecule has 1 atom stereocenters. The van der Waals surface area contributed by atoms with Crippen molar-refractivity contribution in [3.63, 3.8) is 0 Å². The first-order valence-corrected chi connectivity index (χ1v) is 10.1. The maximum atomic E-state index is 13.3. The molecule has 1 aliphatic heterocycles. The van der Waals surface area contributed by atoms with Gasteiger partial charge < -0.3 is 5.32 Å². The van der Waals surface area contributed by atoms with Crippen LogP contribution in [0.3, 0.4) is 0 Å². The molecule has 3 aromatic carbocycles. The minimum atomic E-state index is -0.404. The van der Waals surface area contributed by atoms with Crippen LogP contribution < -0.4 is 5.32 Å². The first-order valence-electron chi connectivity index (χ1n) is 10.1. The van der Waals surface area contributed by atoms with E-state index < -0.39 is 4.92 Å². The molecule has 1 aliphatic carbocycles. The quantitative estimate of drug-likeness (QED) is 0.421. The van der Waals surface area contributed by atoms with Crippen molar-refractivity contribution in [3.05, 3.63) is 87.5 Å².